The lowest BCUT2D eigenvalue weighted by Gasteiger charge is -2.18. The molecule has 0 rings (SSSR count). The van der Waals surface area contributed by atoms with Crippen LogP contribution in [0.3, 0.4) is 0 Å². The summed E-state index contributed by atoms with van der Waals surface area (Å²) in [6.45, 7) is 4.51. The molecule has 45 heavy (non-hydrogen) atoms. The number of allylic oxidation sites excluding steroid dienone is 4. The van der Waals surface area contributed by atoms with Gasteiger partial charge in [0.1, 0.15) is 6.10 Å². The van der Waals surface area contributed by atoms with E-state index in [1.54, 1.807) is 0 Å². The van der Waals surface area contributed by atoms with Crippen LogP contribution in [-0.4, -0.2) is 23.1 Å². The van der Waals surface area contributed by atoms with E-state index >= 15 is 0 Å². The molecule has 0 fully saturated rings. The summed E-state index contributed by atoms with van der Waals surface area (Å²) in [5.41, 5.74) is 0. The lowest BCUT2D eigenvalue weighted by atomic mass is 10.0. The Bertz CT molecular complexity index is 683. The van der Waals surface area contributed by atoms with Crippen LogP contribution in [0.1, 0.15) is 219 Å². The number of esters is 1. The van der Waals surface area contributed by atoms with Crippen molar-refractivity contribution >= 4 is 11.9 Å². The fraction of sp³-hybridized carbons (Fsp3) is 0.854. The van der Waals surface area contributed by atoms with Crippen LogP contribution in [-0.2, 0) is 14.3 Å². The van der Waals surface area contributed by atoms with Gasteiger partial charge in [0, 0.05) is 12.8 Å². The summed E-state index contributed by atoms with van der Waals surface area (Å²) in [6, 6.07) is 0. The van der Waals surface area contributed by atoms with Gasteiger partial charge in [-0.05, 0) is 64.2 Å². The molecule has 0 saturated heterocycles. The molecule has 4 nitrogen and oxygen atoms in total. The number of hydrogen-bond acceptors (Lipinski definition) is 3. The monoisotopic (exact) mass is 633 g/mol. The minimum Gasteiger partial charge on any atom is -0.481 e. The fourth-order valence-electron chi connectivity index (χ4n) is 5.99. The second kappa shape index (κ2) is 36.9. The van der Waals surface area contributed by atoms with Gasteiger partial charge in [0.15, 0.2) is 0 Å². The van der Waals surface area contributed by atoms with Gasteiger partial charge in [0.2, 0.25) is 0 Å². The molecule has 0 aromatic carbocycles. The Hall–Kier alpha value is -1.58. The normalized spacial score (nSPS) is 12.4. The molecule has 0 aromatic rings. The molecule has 0 aliphatic rings. The molecule has 0 aliphatic heterocycles. The minimum absolute atomic E-state index is 0.0902. The Labute approximate surface area is 280 Å². The van der Waals surface area contributed by atoms with Crippen LogP contribution < -0.4 is 0 Å². The minimum atomic E-state index is -0.769. The molecule has 0 spiro atoms. The quantitative estimate of drug-likeness (QED) is 0.0424. The van der Waals surface area contributed by atoms with Gasteiger partial charge < -0.3 is 9.84 Å². The average molecular weight is 633 g/mol. The van der Waals surface area contributed by atoms with Crippen LogP contribution in [0, 0.1) is 0 Å². The van der Waals surface area contributed by atoms with Crippen molar-refractivity contribution in [2.24, 2.45) is 0 Å². The predicted molar refractivity (Wildman–Crippen MR) is 195 cm³/mol. The van der Waals surface area contributed by atoms with Crippen molar-refractivity contribution in [1.82, 2.24) is 0 Å². The number of unbranched alkanes of at least 4 members (excludes halogenated alkanes) is 23. The van der Waals surface area contributed by atoms with Crippen molar-refractivity contribution in [2.45, 2.75) is 225 Å². The molecule has 0 aromatic heterocycles. The van der Waals surface area contributed by atoms with Gasteiger partial charge in [-0.15, -0.1) is 0 Å². The Morgan fingerprint density at radius 2 is 0.889 bits per heavy atom. The average Bonchev–Trinajstić information content (AvgIpc) is 3.02. The number of ether oxygens (including phenoxy) is 1. The van der Waals surface area contributed by atoms with Crippen LogP contribution in [0.4, 0.5) is 0 Å². The third kappa shape index (κ3) is 36.8. The summed E-state index contributed by atoms with van der Waals surface area (Å²) in [7, 11) is 0. The molecule has 264 valence electrons. The summed E-state index contributed by atoms with van der Waals surface area (Å²) in [4.78, 5) is 23.4. The SMILES string of the molecule is CCCCC/C=C\C/C=C\CCCCCCCCCCCCCC(=O)OC(CCCCCCCCCCCC)CCCC(=O)O. The van der Waals surface area contributed by atoms with Gasteiger partial charge in [-0.25, -0.2) is 0 Å². The van der Waals surface area contributed by atoms with Crippen molar-refractivity contribution in [3.63, 3.8) is 0 Å². The summed E-state index contributed by atoms with van der Waals surface area (Å²) >= 11 is 0. The van der Waals surface area contributed by atoms with Gasteiger partial charge in [0.25, 0.3) is 0 Å². The summed E-state index contributed by atoms with van der Waals surface area (Å²) in [5.74, 6) is -0.859. The molecule has 0 saturated carbocycles. The highest BCUT2D eigenvalue weighted by molar-refractivity contribution is 5.69. The van der Waals surface area contributed by atoms with Crippen LogP contribution >= 0.6 is 0 Å². The molecule has 1 unspecified atom stereocenters. The van der Waals surface area contributed by atoms with Gasteiger partial charge in [-0.1, -0.05) is 167 Å². The van der Waals surface area contributed by atoms with Crippen molar-refractivity contribution < 1.29 is 19.4 Å². The molecule has 0 radical (unpaired) electrons. The third-order valence-corrected chi connectivity index (χ3v) is 8.93. The molecule has 0 heterocycles. The number of aliphatic carboxylic acids is 1. The second-order valence-corrected chi connectivity index (χ2v) is 13.5. The van der Waals surface area contributed by atoms with Crippen molar-refractivity contribution in [1.29, 1.82) is 0 Å². The maximum Gasteiger partial charge on any atom is 0.306 e. The summed E-state index contributed by atoms with van der Waals surface area (Å²) < 4.78 is 5.82. The fourth-order valence-corrected chi connectivity index (χ4v) is 5.99. The van der Waals surface area contributed by atoms with Crippen molar-refractivity contribution in [3.05, 3.63) is 24.3 Å². The third-order valence-electron chi connectivity index (χ3n) is 8.93. The first-order chi connectivity index (χ1) is 22.1. The van der Waals surface area contributed by atoms with E-state index in [1.807, 2.05) is 0 Å². The van der Waals surface area contributed by atoms with E-state index in [1.165, 1.54) is 148 Å². The first kappa shape index (κ1) is 43.4. The highest BCUT2D eigenvalue weighted by Gasteiger charge is 2.15. The molecular weight excluding hydrogens is 556 g/mol. The highest BCUT2D eigenvalue weighted by atomic mass is 16.5. The number of carboxylic acids is 1. The van der Waals surface area contributed by atoms with Gasteiger partial charge in [-0.2, -0.15) is 0 Å². The molecule has 1 N–H and O–H groups in total. The molecule has 0 aliphatic carbocycles. The second-order valence-electron chi connectivity index (χ2n) is 13.5. The van der Waals surface area contributed by atoms with Crippen molar-refractivity contribution in [2.75, 3.05) is 0 Å². The van der Waals surface area contributed by atoms with Crippen LogP contribution in [0.5, 0.6) is 0 Å². The largest absolute Gasteiger partial charge is 0.481 e. The first-order valence-electron chi connectivity index (χ1n) is 19.8. The Balaban J connectivity index is 3.71. The number of hydrogen-bond donors (Lipinski definition) is 1. The number of carboxylic acid groups (broad SMARTS) is 1. The topological polar surface area (TPSA) is 63.6 Å². The lowest BCUT2D eigenvalue weighted by Crippen LogP contribution is -2.18. The van der Waals surface area contributed by atoms with Crippen molar-refractivity contribution in [3.8, 4) is 0 Å². The van der Waals surface area contributed by atoms with E-state index in [2.05, 4.69) is 38.2 Å². The lowest BCUT2D eigenvalue weighted by molar-refractivity contribution is -0.150. The van der Waals surface area contributed by atoms with E-state index < -0.39 is 5.97 Å². The highest BCUT2D eigenvalue weighted by Crippen LogP contribution is 2.18. The van der Waals surface area contributed by atoms with E-state index in [-0.39, 0.29) is 18.5 Å². The maximum absolute atomic E-state index is 12.5. The van der Waals surface area contributed by atoms with E-state index in [9.17, 15) is 9.59 Å². The Morgan fingerprint density at radius 1 is 0.489 bits per heavy atom. The standard InChI is InChI=1S/C41H76O4/c1-3-5-7-9-11-13-15-16-17-18-19-20-21-22-23-24-25-27-29-31-33-38-41(44)45-39(36-34-37-40(42)43)35-32-30-28-26-14-12-10-8-6-4-2/h11,13,16-17,39H,3-10,12,14-15,18-38H2,1-2H3,(H,42,43)/b13-11-,17-16-. The van der Waals surface area contributed by atoms with E-state index in [4.69, 9.17) is 9.84 Å². The smallest absolute Gasteiger partial charge is 0.306 e. The number of rotatable bonds is 36. The number of carbonyl (C=O) groups is 2. The number of carbonyl (C=O) groups excluding carboxylic acids is 1. The molecule has 0 bridgehead atoms. The van der Waals surface area contributed by atoms with Gasteiger partial charge in [-0.3, -0.25) is 9.59 Å². The van der Waals surface area contributed by atoms with Crippen LogP contribution in [0.25, 0.3) is 0 Å². The molecular formula is C41H76O4. The van der Waals surface area contributed by atoms with Crippen LogP contribution in [0.2, 0.25) is 0 Å². The maximum atomic E-state index is 12.5. The van der Waals surface area contributed by atoms with Gasteiger partial charge in [0.05, 0.1) is 0 Å². The predicted octanol–water partition coefficient (Wildman–Crippen LogP) is 13.6. The summed E-state index contributed by atoms with van der Waals surface area (Å²) in [6.07, 6.45) is 46.3. The first-order valence-corrected chi connectivity index (χ1v) is 19.8. The molecule has 1 atom stereocenters. The zero-order chi connectivity index (χ0) is 32.9. The Kier molecular flexibility index (Phi) is 35.6. The zero-order valence-corrected chi connectivity index (χ0v) is 30.2. The van der Waals surface area contributed by atoms with Gasteiger partial charge >= 0.3 is 11.9 Å². The summed E-state index contributed by atoms with van der Waals surface area (Å²) in [5, 5.41) is 9.00. The molecule has 0 amide bonds. The van der Waals surface area contributed by atoms with E-state index in [0.717, 1.165) is 32.1 Å². The van der Waals surface area contributed by atoms with E-state index in [0.29, 0.717) is 19.3 Å². The van der Waals surface area contributed by atoms with Crippen LogP contribution in [0.15, 0.2) is 24.3 Å². The zero-order valence-electron chi connectivity index (χ0n) is 30.2. The molecule has 4 heteroatoms. The Morgan fingerprint density at radius 3 is 1.40 bits per heavy atom.